The minimum atomic E-state index is -0.302. The van der Waals surface area contributed by atoms with E-state index < -0.39 is 0 Å². The van der Waals surface area contributed by atoms with E-state index in [0.29, 0.717) is 24.5 Å². The number of hydrogen-bond donors (Lipinski definition) is 1. The number of pyridine rings is 1. The number of carbonyl (C=O) groups excluding carboxylic acids is 1. The molecule has 0 bridgehead atoms. The standard InChI is InChI=1S/C23H21N3O3/c1-17-6-5-13-26-14-20(24-22(17)26)16-28-21-11-9-19(10-12-21)23(27)25-29-15-18-7-3-2-4-8-18/h2-14H,15-16H2,1H3,(H,25,27). The van der Waals surface area contributed by atoms with Crippen LogP contribution >= 0.6 is 0 Å². The van der Waals surface area contributed by atoms with E-state index >= 15 is 0 Å². The minimum Gasteiger partial charge on any atom is -0.487 e. The predicted molar refractivity (Wildman–Crippen MR) is 109 cm³/mol. The van der Waals surface area contributed by atoms with Crippen molar-refractivity contribution in [2.75, 3.05) is 0 Å². The van der Waals surface area contributed by atoms with Crippen molar-refractivity contribution >= 4 is 11.6 Å². The van der Waals surface area contributed by atoms with Gasteiger partial charge in [-0.25, -0.2) is 10.5 Å². The maximum Gasteiger partial charge on any atom is 0.274 e. The lowest BCUT2D eigenvalue weighted by Gasteiger charge is -2.07. The lowest BCUT2D eigenvalue weighted by Crippen LogP contribution is -2.23. The molecule has 4 aromatic rings. The Bertz CT molecular complexity index is 1110. The quantitative estimate of drug-likeness (QED) is 0.485. The number of amides is 1. The van der Waals surface area contributed by atoms with Gasteiger partial charge in [0.25, 0.3) is 5.91 Å². The fourth-order valence-electron chi connectivity index (χ4n) is 2.95. The first-order valence-corrected chi connectivity index (χ1v) is 9.31. The highest BCUT2D eigenvalue weighted by Gasteiger charge is 2.07. The average molecular weight is 387 g/mol. The monoisotopic (exact) mass is 387 g/mol. The molecule has 0 radical (unpaired) electrons. The molecule has 1 amide bonds. The van der Waals surface area contributed by atoms with E-state index in [1.807, 2.05) is 66.2 Å². The van der Waals surface area contributed by atoms with Gasteiger partial charge in [0.1, 0.15) is 18.0 Å². The number of benzene rings is 2. The average Bonchev–Trinajstić information content (AvgIpc) is 3.18. The van der Waals surface area contributed by atoms with Crippen molar-refractivity contribution in [3.05, 3.63) is 102 Å². The Morgan fingerprint density at radius 3 is 2.55 bits per heavy atom. The molecule has 0 aliphatic carbocycles. The minimum absolute atomic E-state index is 0.302. The third kappa shape index (κ3) is 4.62. The third-order valence-electron chi connectivity index (χ3n) is 4.48. The lowest BCUT2D eigenvalue weighted by atomic mass is 10.2. The van der Waals surface area contributed by atoms with Gasteiger partial charge >= 0.3 is 0 Å². The second-order valence-corrected chi connectivity index (χ2v) is 6.67. The van der Waals surface area contributed by atoms with Gasteiger partial charge in [-0.15, -0.1) is 0 Å². The smallest absolute Gasteiger partial charge is 0.274 e. The number of nitrogens with zero attached hydrogens (tertiary/aromatic N) is 2. The number of carbonyl (C=O) groups is 1. The van der Waals surface area contributed by atoms with E-state index in [1.54, 1.807) is 24.3 Å². The van der Waals surface area contributed by atoms with Crippen LogP contribution in [0.2, 0.25) is 0 Å². The van der Waals surface area contributed by atoms with Crippen LogP contribution in [-0.2, 0) is 18.1 Å². The SMILES string of the molecule is Cc1cccn2cc(COc3ccc(C(=O)NOCc4ccccc4)cc3)nc12. The zero-order chi connectivity index (χ0) is 20.1. The van der Waals surface area contributed by atoms with Gasteiger partial charge in [0.15, 0.2) is 0 Å². The summed E-state index contributed by atoms with van der Waals surface area (Å²) in [5.74, 6) is 0.365. The van der Waals surface area contributed by atoms with Crippen LogP contribution in [0.5, 0.6) is 5.75 Å². The fraction of sp³-hybridized carbons (Fsp3) is 0.130. The van der Waals surface area contributed by atoms with E-state index in [1.165, 1.54) is 0 Å². The van der Waals surface area contributed by atoms with Crippen LogP contribution in [0.15, 0.2) is 79.1 Å². The van der Waals surface area contributed by atoms with Crippen molar-refractivity contribution in [3.63, 3.8) is 0 Å². The maximum atomic E-state index is 12.2. The molecule has 6 nitrogen and oxygen atoms in total. The van der Waals surface area contributed by atoms with Gasteiger partial charge in [0.2, 0.25) is 0 Å². The van der Waals surface area contributed by atoms with Gasteiger partial charge in [-0.1, -0.05) is 36.4 Å². The Morgan fingerprint density at radius 2 is 1.79 bits per heavy atom. The first kappa shape index (κ1) is 18.7. The van der Waals surface area contributed by atoms with E-state index in [4.69, 9.17) is 9.57 Å². The maximum absolute atomic E-state index is 12.2. The highest BCUT2D eigenvalue weighted by atomic mass is 16.6. The van der Waals surface area contributed by atoms with Crippen LogP contribution in [0.1, 0.15) is 27.2 Å². The fourth-order valence-corrected chi connectivity index (χ4v) is 2.95. The molecular weight excluding hydrogens is 366 g/mol. The largest absolute Gasteiger partial charge is 0.487 e. The highest BCUT2D eigenvalue weighted by molar-refractivity contribution is 5.93. The summed E-state index contributed by atoms with van der Waals surface area (Å²) in [5, 5.41) is 0. The van der Waals surface area contributed by atoms with E-state index in [0.717, 1.165) is 22.5 Å². The molecule has 0 saturated heterocycles. The molecule has 4 rings (SSSR count). The predicted octanol–water partition coefficient (Wildman–Crippen LogP) is 4.08. The van der Waals surface area contributed by atoms with Crippen molar-refractivity contribution in [3.8, 4) is 5.75 Å². The first-order chi connectivity index (χ1) is 14.2. The van der Waals surface area contributed by atoms with Gasteiger partial charge in [-0.05, 0) is 48.4 Å². The molecule has 0 spiro atoms. The topological polar surface area (TPSA) is 64.9 Å². The molecule has 146 valence electrons. The summed E-state index contributed by atoms with van der Waals surface area (Å²) in [6, 6.07) is 20.6. The number of aryl methyl sites for hydroxylation is 1. The molecule has 1 N–H and O–H groups in total. The number of hydrogen-bond acceptors (Lipinski definition) is 4. The zero-order valence-corrected chi connectivity index (χ0v) is 16.0. The van der Waals surface area contributed by atoms with Crippen molar-refractivity contribution in [1.82, 2.24) is 14.9 Å². The number of imidazole rings is 1. The Kier molecular flexibility index (Phi) is 5.54. The number of fused-ring (bicyclic) bond motifs is 1. The van der Waals surface area contributed by atoms with Gasteiger partial charge in [-0.2, -0.15) is 0 Å². The van der Waals surface area contributed by atoms with Crippen LogP contribution in [0, 0.1) is 6.92 Å². The third-order valence-corrected chi connectivity index (χ3v) is 4.48. The Hall–Kier alpha value is -3.64. The van der Waals surface area contributed by atoms with Crippen LogP contribution in [0.25, 0.3) is 5.65 Å². The lowest BCUT2D eigenvalue weighted by molar-refractivity contribution is 0.0233. The van der Waals surface area contributed by atoms with Crippen LogP contribution in [-0.4, -0.2) is 15.3 Å². The molecule has 0 saturated carbocycles. The molecule has 0 fully saturated rings. The zero-order valence-electron chi connectivity index (χ0n) is 16.0. The van der Waals surface area contributed by atoms with Crippen LogP contribution in [0.3, 0.4) is 0 Å². The molecule has 0 aliphatic rings. The molecular formula is C23H21N3O3. The summed E-state index contributed by atoms with van der Waals surface area (Å²) in [4.78, 5) is 22.0. The van der Waals surface area contributed by atoms with Crippen LogP contribution < -0.4 is 10.2 Å². The van der Waals surface area contributed by atoms with E-state index in [2.05, 4.69) is 10.5 Å². The van der Waals surface area contributed by atoms with Gasteiger partial charge in [0.05, 0.1) is 12.3 Å². The Labute approximate surface area is 168 Å². The molecule has 2 aromatic heterocycles. The van der Waals surface area contributed by atoms with Crippen LogP contribution in [0.4, 0.5) is 0 Å². The second-order valence-electron chi connectivity index (χ2n) is 6.67. The Morgan fingerprint density at radius 1 is 1.00 bits per heavy atom. The number of ether oxygens (including phenoxy) is 1. The number of aromatic nitrogens is 2. The summed E-state index contributed by atoms with van der Waals surface area (Å²) < 4.78 is 7.78. The van der Waals surface area contributed by atoms with Crippen molar-refractivity contribution in [1.29, 1.82) is 0 Å². The molecule has 0 unspecified atom stereocenters. The normalized spacial score (nSPS) is 10.8. The van der Waals surface area contributed by atoms with Crippen molar-refractivity contribution in [2.45, 2.75) is 20.1 Å². The summed E-state index contributed by atoms with van der Waals surface area (Å²) in [6.45, 7) is 2.69. The molecule has 0 atom stereocenters. The molecule has 2 heterocycles. The Balaban J connectivity index is 1.30. The number of rotatable bonds is 7. The molecule has 29 heavy (non-hydrogen) atoms. The summed E-state index contributed by atoms with van der Waals surface area (Å²) in [5.41, 5.74) is 6.81. The molecule has 2 aromatic carbocycles. The van der Waals surface area contributed by atoms with Crippen molar-refractivity contribution < 1.29 is 14.4 Å². The summed E-state index contributed by atoms with van der Waals surface area (Å²) in [7, 11) is 0. The van der Waals surface area contributed by atoms with E-state index in [9.17, 15) is 4.79 Å². The summed E-state index contributed by atoms with van der Waals surface area (Å²) >= 11 is 0. The van der Waals surface area contributed by atoms with Gasteiger partial charge in [0, 0.05) is 18.0 Å². The van der Waals surface area contributed by atoms with Gasteiger partial charge < -0.3 is 9.14 Å². The number of hydroxylamine groups is 1. The van der Waals surface area contributed by atoms with Crippen molar-refractivity contribution in [2.24, 2.45) is 0 Å². The van der Waals surface area contributed by atoms with Gasteiger partial charge in [-0.3, -0.25) is 9.63 Å². The summed E-state index contributed by atoms with van der Waals surface area (Å²) in [6.07, 6.45) is 3.92. The number of nitrogens with one attached hydrogen (secondary N) is 1. The molecule has 0 aliphatic heterocycles. The van der Waals surface area contributed by atoms with E-state index in [-0.39, 0.29) is 5.91 Å². The second kappa shape index (κ2) is 8.58. The molecule has 6 heteroatoms. The first-order valence-electron chi connectivity index (χ1n) is 9.31. The highest BCUT2D eigenvalue weighted by Crippen LogP contribution is 2.16.